The molecule has 0 bridgehead atoms. The summed E-state index contributed by atoms with van der Waals surface area (Å²) in [6, 6.07) is 12.0. The van der Waals surface area contributed by atoms with Crippen LogP contribution >= 0.6 is 15.9 Å². The number of amides is 1. The lowest BCUT2D eigenvalue weighted by molar-refractivity contribution is -0.116. The van der Waals surface area contributed by atoms with Gasteiger partial charge in [-0.1, -0.05) is 23.8 Å². The van der Waals surface area contributed by atoms with E-state index in [1.165, 1.54) is 11.1 Å². The van der Waals surface area contributed by atoms with Crippen LogP contribution in [0.1, 0.15) is 29.5 Å². The molecule has 0 fully saturated rings. The quantitative estimate of drug-likeness (QED) is 0.707. The van der Waals surface area contributed by atoms with Crippen LogP contribution in [-0.4, -0.2) is 12.5 Å². The highest BCUT2D eigenvalue weighted by molar-refractivity contribution is 9.10. The van der Waals surface area contributed by atoms with Gasteiger partial charge >= 0.3 is 0 Å². The molecule has 1 N–H and O–H groups in total. The summed E-state index contributed by atoms with van der Waals surface area (Å²) in [7, 11) is 0. The lowest BCUT2D eigenvalue weighted by atomic mass is 10.1. The van der Waals surface area contributed by atoms with E-state index in [0.29, 0.717) is 19.4 Å². The predicted octanol–water partition coefficient (Wildman–Crippen LogP) is 5.17. The van der Waals surface area contributed by atoms with E-state index in [-0.39, 0.29) is 5.91 Å². The van der Waals surface area contributed by atoms with Crippen LogP contribution in [0.3, 0.4) is 0 Å². The molecule has 0 aromatic heterocycles. The molecular formula is C19H22BrNO2. The van der Waals surface area contributed by atoms with Crippen LogP contribution in [0.2, 0.25) is 0 Å². The Hall–Kier alpha value is -1.81. The SMILES string of the molecule is Cc1ccc(NC(=O)CCCOc2ccc(C)cc2Br)c(C)c1. The molecule has 0 unspecified atom stereocenters. The Morgan fingerprint density at radius 2 is 1.78 bits per heavy atom. The summed E-state index contributed by atoms with van der Waals surface area (Å²) >= 11 is 3.48. The number of carbonyl (C=O) groups is 1. The molecule has 0 aliphatic carbocycles. The summed E-state index contributed by atoms with van der Waals surface area (Å²) < 4.78 is 6.65. The molecule has 4 heteroatoms. The zero-order chi connectivity index (χ0) is 16.8. The maximum Gasteiger partial charge on any atom is 0.224 e. The lowest BCUT2D eigenvalue weighted by Gasteiger charge is -2.10. The molecule has 0 aliphatic rings. The Labute approximate surface area is 146 Å². The van der Waals surface area contributed by atoms with E-state index in [0.717, 1.165) is 21.5 Å². The fourth-order valence-electron chi connectivity index (χ4n) is 2.30. The number of nitrogens with one attached hydrogen (secondary N) is 1. The minimum Gasteiger partial charge on any atom is -0.492 e. The van der Waals surface area contributed by atoms with Gasteiger partial charge in [0.2, 0.25) is 5.91 Å². The minimum absolute atomic E-state index is 0.0172. The van der Waals surface area contributed by atoms with Crippen LogP contribution in [0, 0.1) is 20.8 Å². The molecule has 2 aromatic rings. The summed E-state index contributed by atoms with van der Waals surface area (Å²) in [6.07, 6.45) is 1.12. The van der Waals surface area contributed by atoms with Crippen molar-refractivity contribution in [3.05, 3.63) is 57.6 Å². The number of hydrogen-bond donors (Lipinski definition) is 1. The third kappa shape index (κ3) is 5.39. The summed E-state index contributed by atoms with van der Waals surface area (Å²) in [4.78, 5) is 12.0. The van der Waals surface area contributed by atoms with E-state index in [4.69, 9.17) is 4.74 Å². The van der Waals surface area contributed by atoms with Crippen LogP contribution in [-0.2, 0) is 4.79 Å². The second-order valence-corrected chi connectivity index (χ2v) is 6.61. The van der Waals surface area contributed by atoms with Crippen molar-refractivity contribution < 1.29 is 9.53 Å². The second kappa shape index (κ2) is 8.16. The van der Waals surface area contributed by atoms with Gasteiger partial charge in [0.05, 0.1) is 11.1 Å². The first-order valence-corrected chi connectivity index (χ1v) is 8.51. The normalized spacial score (nSPS) is 10.4. The monoisotopic (exact) mass is 375 g/mol. The first-order chi connectivity index (χ1) is 11.0. The lowest BCUT2D eigenvalue weighted by Crippen LogP contribution is -2.13. The molecule has 1 amide bonds. The Morgan fingerprint density at radius 3 is 2.48 bits per heavy atom. The minimum atomic E-state index is 0.0172. The van der Waals surface area contributed by atoms with Crippen molar-refractivity contribution in [1.29, 1.82) is 0 Å². The molecule has 0 atom stereocenters. The van der Waals surface area contributed by atoms with Crippen molar-refractivity contribution in [3.63, 3.8) is 0 Å². The molecule has 0 spiro atoms. The molecule has 122 valence electrons. The Kier molecular flexibility index (Phi) is 6.22. The molecule has 0 radical (unpaired) electrons. The van der Waals surface area contributed by atoms with E-state index in [1.807, 2.05) is 51.1 Å². The van der Waals surface area contributed by atoms with Crippen LogP contribution in [0.15, 0.2) is 40.9 Å². The van der Waals surface area contributed by atoms with Crippen LogP contribution in [0.5, 0.6) is 5.75 Å². The first kappa shape index (κ1) is 17.5. The van der Waals surface area contributed by atoms with Gasteiger partial charge < -0.3 is 10.1 Å². The summed E-state index contributed by atoms with van der Waals surface area (Å²) in [5, 5.41) is 2.95. The van der Waals surface area contributed by atoms with Crippen molar-refractivity contribution in [3.8, 4) is 5.75 Å². The molecule has 0 saturated heterocycles. The van der Waals surface area contributed by atoms with E-state index in [2.05, 4.69) is 27.3 Å². The van der Waals surface area contributed by atoms with E-state index in [9.17, 15) is 4.79 Å². The third-order valence-corrected chi connectivity index (χ3v) is 4.17. The van der Waals surface area contributed by atoms with Gasteiger partial charge in [-0.25, -0.2) is 0 Å². The Bertz CT molecular complexity index is 698. The number of rotatable bonds is 6. The molecule has 0 aliphatic heterocycles. The summed E-state index contributed by atoms with van der Waals surface area (Å²) in [5.74, 6) is 0.828. The molecule has 0 saturated carbocycles. The van der Waals surface area contributed by atoms with Crippen molar-refractivity contribution in [1.82, 2.24) is 0 Å². The highest BCUT2D eigenvalue weighted by atomic mass is 79.9. The predicted molar refractivity (Wildman–Crippen MR) is 98.2 cm³/mol. The van der Waals surface area contributed by atoms with Crippen molar-refractivity contribution >= 4 is 27.5 Å². The average Bonchev–Trinajstić information content (AvgIpc) is 2.48. The van der Waals surface area contributed by atoms with Crippen molar-refractivity contribution in [2.75, 3.05) is 11.9 Å². The van der Waals surface area contributed by atoms with Gasteiger partial charge in [0.25, 0.3) is 0 Å². The number of halogens is 1. The smallest absolute Gasteiger partial charge is 0.224 e. The second-order valence-electron chi connectivity index (χ2n) is 5.75. The van der Waals surface area contributed by atoms with Crippen LogP contribution in [0.25, 0.3) is 0 Å². The molecule has 23 heavy (non-hydrogen) atoms. The largest absolute Gasteiger partial charge is 0.492 e. The average molecular weight is 376 g/mol. The number of aryl methyl sites for hydroxylation is 3. The van der Waals surface area contributed by atoms with Crippen LogP contribution in [0.4, 0.5) is 5.69 Å². The fraction of sp³-hybridized carbons (Fsp3) is 0.316. The molecule has 3 nitrogen and oxygen atoms in total. The molecular weight excluding hydrogens is 354 g/mol. The molecule has 2 rings (SSSR count). The van der Waals surface area contributed by atoms with Gasteiger partial charge in [-0.15, -0.1) is 0 Å². The zero-order valence-corrected chi connectivity index (χ0v) is 15.4. The first-order valence-electron chi connectivity index (χ1n) is 7.72. The zero-order valence-electron chi connectivity index (χ0n) is 13.8. The van der Waals surface area contributed by atoms with Crippen molar-refractivity contribution in [2.45, 2.75) is 33.6 Å². The van der Waals surface area contributed by atoms with Gasteiger partial charge in [-0.2, -0.15) is 0 Å². The maximum atomic E-state index is 12.0. The van der Waals surface area contributed by atoms with Gasteiger partial charge in [-0.05, 0) is 72.4 Å². The third-order valence-electron chi connectivity index (χ3n) is 3.55. The standard InChI is InChI=1S/C19H22BrNO2/c1-13-6-8-17(15(3)11-13)21-19(22)5-4-10-23-18-9-7-14(2)12-16(18)20/h6-9,11-12H,4-5,10H2,1-3H3,(H,21,22). The Balaban J connectivity index is 1.76. The molecule has 0 heterocycles. The number of ether oxygens (including phenoxy) is 1. The number of hydrogen-bond acceptors (Lipinski definition) is 2. The van der Waals surface area contributed by atoms with Crippen LogP contribution < -0.4 is 10.1 Å². The highest BCUT2D eigenvalue weighted by Gasteiger charge is 2.06. The number of benzene rings is 2. The summed E-state index contributed by atoms with van der Waals surface area (Å²) in [5.41, 5.74) is 4.33. The van der Waals surface area contributed by atoms with E-state index >= 15 is 0 Å². The van der Waals surface area contributed by atoms with Gasteiger partial charge in [0.15, 0.2) is 0 Å². The van der Waals surface area contributed by atoms with Gasteiger partial charge in [-0.3, -0.25) is 4.79 Å². The van der Waals surface area contributed by atoms with Crippen molar-refractivity contribution in [2.24, 2.45) is 0 Å². The number of anilines is 1. The highest BCUT2D eigenvalue weighted by Crippen LogP contribution is 2.25. The fourth-order valence-corrected chi connectivity index (χ4v) is 2.91. The molecule has 2 aromatic carbocycles. The van der Waals surface area contributed by atoms with E-state index in [1.54, 1.807) is 0 Å². The van der Waals surface area contributed by atoms with Gasteiger partial charge in [0.1, 0.15) is 5.75 Å². The number of carbonyl (C=O) groups excluding carboxylic acids is 1. The van der Waals surface area contributed by atoms with E-state index < -0.39 is 0 Å². The van der Waals surface area contributed by atoms with Gasteiger partial charge in [0, 0.05) is 12.1 Å². The summed E-state index contributed by atoms with van der Waals surface area (Å²) in [6.45, 7) is 6.59. The topological polar surface area (TPSA) is 38.3 Å². The maximum absolute atomic E-state index is 12.0. The Morgan fingerprint density at radius 1 is 1.09 bits per heavy atom.